The fourth-order valence-electron chi connectivity index (χ4n) is 6.13. The van der Waals surface area contributed by atoms with E-state index in [2.05, 4.69) is 80.6 Å². The second-order valence-corrected chi connectivity index (χ2v) is 11.3. The van der Waals surface area contributed by atoms with Crippen LogP contribution in [0.5, 0.6) is 5.75 Å². The number of hydrogen-bond acceptors (Lipinski definition) is 2. The van der Waals surface area contributed by atoms with Gasteiger partial charge in [0, 0.05) is 17.4 Å². The second kappa shape index (κ2) is 13.4. The molecule has 3 nitrogen and oxygen atoms in total. The van der Waals surface area contributed by atoms with Crippen molar-refractivity contribution in [3.05, 3.63) is 172 Å². The van der Waals surface area contributed by atoms with Crippen LogP contribution in [0.15, 0.2) is 133 Å². The van der Waals surface area contributed by atoms with Crippen LogP contribution in [0.3, 0.4) is 0 Å². The Bertz CT molecular complexity index is 1580. The molecule has 0 aliphatic carbocycles. The molecule has 0 fully saturated rings. The number of aromatic hydroxyl groups is 1. The summed E-state index contributed by atoms with van der Waals surface area (Å²) >= 11 is 0. The van der Waals surface area contributed by atoms with Crippen molar-refractivity contribution in [3.63, 3.8) is 0 Å². The summed E-state index contributed by atoms with van der Waals surface area (Å²) in [6.07, 6.45) is 1.52. The van der Waals surface area contributed by atoms with Gasteiger partial charge >= 0.3 is 5.97 Å². The van der Waals surface area contributed by atoms with E-state index in [-0.39, 0.29) is 35.0 Å². The Morgan fingerprint density at radius 3 is 1.36 bits per heavy atom. The minimum Gasteiger partial charge on any atom is -0.507 e. The Morgan fingerprint density at radius 1 is 0.548 bits per heavy atom. The van der Waals surface area contributed by atoms with E-state index in [1.165, 1.54) is 11.1 Å². The standard InChI is InChI=1S/C39H38O3/c1-27(29-15-7-3-8-16-29)23-34(31-19-11-5-12-20-31)33-25-36(38(40)37(26-33)39(41)42)35(32-21-13-6-14-22-32)24-28(2)30-17-9-4-10-18-30/h3-22,25-28,34-35,40H,23-24H2,1-2H3,(H,41,42). The van der Waals surface area contributed by atoms with Crippen molar-refractivity contribution >= 4 is 5.97 Å². The lowest BCUT2D eigenvalue weighted by atomic mass is 9.77. The van der Waals surface area contributed by atoms with E-state index >= 15 is 0 Å². The summed E-state index contributed by atoms with van der Waals surface area (Å²) < 4.78 is 0. The van der Waals surface area contributed by atoms with Gasteiger partial charge in [-0.3, -0.25) is 0 Å². The van der Waals surface area contributed by atoms with E-state index in [1.54, 1.807) is 6.07 Å². The number of rotatable bonds is 11. The minimum absolute atomic E-state index is 0.0518. The van der Waals surface area contributed by atoms with Gasteiger partial charge in [-0.15, -0.1) is 0 Å². The van der Waals surface area contributed by atoms with Crippen molar-refractivity contribution in [1.29, 1.82) is 0 Å². The van der Waals surface area contributed by atoms with Crippen molar-refractivity contribution in [1.82, 2.24) is 0 Å². The van der Waals surface area contributed by atoms with Crippen molar-refractivity contribution < 1.29 is 15.0 Å². The van der Waals surface area contributed by atoms with E-state index in [9.17, 15) is 15.0 Å². The smallest absolute Gasteiger partial charge is 0.339 e. The molecule has 0 radical (unpaired) electrons. The van der Waals surface area contributed by atoms with Gasteiger partial charge in [-0.2, -0.15) is 0 Å². The molecule has 0 spiro atoms. The van der Waals surface area contributed by atoms with E-state index in [1.807, 2.05) is 60.7 Å². The maximum Gasteiger partial charge on any atom is 0.339 e. The maximum absolute atomic E-state index is 12.6. The zero-order valence-corrected chi connectivity index (χ0v) is 24.2. The van der Waals surface area contributed by atoms with Crippen LogP contribution in [0.1, 0.15) is 94.1 Å². The van der Waals surface area contributed by atoms with Crippen molar-refractivity contribution in [3.8, 4) is 5.75 Å². The first-order valence-electron chi connectivity index (χ1n) is 14.7. The molecule has 3 heteroatoms. The van der Waals surface area contributed by atoms with Crippen LogP contribution in [-0.2, 0) is 0 Å². The van der Waals surface area contributed by atoms with Crippen LogP contribution in [-0.4, -0.2) is 16.2 Å². The molecule has 0 aliphatic rings. The van der Waals surface area contributed by atoms with Gasteiger partial charge in [-0.05, 0) is 58.6 Å². The Morgan fingerprint density at radius 2 is 0.929 bits per heavy atom. The van der Waals surface area contributed by atoms with Crippen LogP contribution >= 0.6 is 0 Å². The first-order chi connectivity index (χ1) is 20.4. The predicted octanol–water partition coefficient (Wildman–Crippen LogP) is 9.74. The van der Waals surface area contributed by atoms with Crippen molar-refractivity contribution in [2.75, 3.05) is 0 Å². The average Bonchev–Trinajstić information content (AvgIpc) is 3.04. The molecule has 5 rings (SSSR count). The lowest BCUT2D eigenvalue weighted by Crippen LogP contribution is -2.12. The molecule has 212 valence electrons. The number of carboxylic acid groups (broad SMARTS) is 1. The van der Waals surface area contributed by atoms with Gasteiger partial charge < -0.3 is 10.2 Å². The molecule has 0 aliphatic heterocycles. The van der Waals surface area contributed by atoms with Crippen molar-refractivity contribution in [2.45, 2.75) is 50.4 Å². The zero-order chi connectivity index (χ0) is 29.5. The molecule has 2 N–H and O–H groups in total. The fourth-order valence-corrected chi connectivity index (χ4v) is 6.13. The Balaban J connectivity index is 1.64. The molecule has 4 atom stereocenters. The van der Waals surface area contributed by atoms with Gasteiger partial charge in [0.15, 0.2) is 0 Å². The summed E-state index contributed by atoms with van der Waals surface area (Å²) in [5, 5.41) is 21.8. The first kappa shape index (κ1) is 28.9. The van der Waals surface area contributed by atoms with Gasteiger partial charge in [0.2, 0.25) is 0 Å². The number of hydrogen-bond donors (Lipinski definition) is 2. The van der Waals surface area contributed by atoms with Crippen molar-refractivity contribution in [2.24, 2.45) is 0 Å². The minimum atomic E-state index is -1.12. The van der Waals surface area contributed by atoms with Crippen LogP contribution in [0.4, 0.5) is 0 Å². The molecule has 0 aromatic heterocycles. The van der Waals surface area contributed by atoms with Crippen LogP contribution in [0.25, 0.3) is 0 Å². The molecular formula is C39H38O3. The molecule has 0 saturated heterocycles. The van der Waals surface area contributed by atoms with Gasteiger partial charge in [0.05, 0.1) is 0 Å². The third-order valence-corrected chi connectivity index (χ3v) is 8.49. The fraction of sp³-hybridized carbons (Fsp3) is 0.205. The Hall–Kier alpha value is -4.63. The van der Waals surface area contributed by atoms with Crippen LogP contribution in [0.2, 0.25) is 0 Å². The zero-order valence-electron chi connectivity index (χ0n) is 24.2. The Kier molecular flexibility index (Phi) is 9.18. The molecule has 42 heavy (non-hydrogen) atoms. The third-order valence-electron chi connectivity index (χ3n) is 8.49. The highest BCUT2D eigenvalue weighted by Gasteiger charge is 2.28. The number of carboxylic acids is 1. The maximum atomic E-state index is 12.6. The van der Waals surface area contributed by atoms with Crippen LogP contribution < -0.4 is 0 Å². The molecule has 0 saturated carbocycles. The summed E-state index contributed by atoms with van der Waals surface area (Å²) in [6, 6.07) is 45.0. The Labute approximate surface area is 249 Å². The SMILES string of the molecule is CC(CC(c1ccccc1)c1cc(C(=O)O)c(O)c(C(CC(C)c2ccccc2)c2ccccc2)c1)c1ccccc1. The predicted molar refractivity (Wildman–Crippen MR) is 171 cm³/mol. The number of carbonyl (C=O) groups is 1. The highest BCUT2D eigenvalue weighted by Crippen LogP contribution is 2.44. The normalized spacial score (nSPS) is 14.0. The van der Waals surface area contributed by atoms with E-state index in [4.69, 9.17) is 0 Å². The number of benzene rings is 5. The summed E-state index contributed by atoms with van der Waals surface area (Å²) in [5.41, 5.74) is 6.15. The third kappa shape index (κ3) is 6.63. The van der Waals surface area contributed by atoms with E-state index in [0.29, 0.717) is 5.56 Å². The molecule has 0 amide bonds. The highest BCUT2D eigenvalue weighted by atomic mass is 16.4. The summed E-state index contributed by atoms with van der Waals surface area (Å²) in [7, 11) is 0. The largest absolute Gasteiger partial charge is 0.507 e. The van der Waals surface area contributed by atoms with E-state index in [0.717, 1.165) is 29.5 Å². The summed E-state index contributed by atoms with van der Waals surface area (Å²) in [4.78, 5) is 12.6. The monoisotopic (exact) mass is 554 g/mol. The average molecular weight is 555 g/mol. The lowest BCUT2D eigenvalue weighted by Gasteiger charge is -2.27. The van der Waals surface area contributed by atoms with Crippen LogP contribution in [0, 0.1) is 0 Å². The lowest BCUT2D eigenvalue weighted by molar-refractivity contribution is 0.0693. The van der Waals surface area contributed by atoms with Gasteiger partial charge in [0.1, 0.15) is 11.3 Å². The highest BCUT2D eigenvalue weighted by molar-refractivity contribution is 5.92. The molecule has 0 heterocycles. The van der Waals surface area contributed by atoms with E-state index < -0.39 is 5.97 Å². The molecular weight excluding hydrogens is 516 g/mol. The van der Waals surface area contributed by atoms with Gasteiger partial charge in [-0.1, -0.05) is 141 Å². The molecule has 5 aromatic carbocycles. The second-order valence-electron chi connectivity index (χ2n) is 11.3. The quantitative estimate of drug-likeness (QED) is 0.171. The van der Waals surface area contributed by atoms with Gasteiger partial charge in [0.25, 0.3) is 0 Å². The number of aromatic carboxylic acids is 1. The first-order valence-corrected chi connectivity index (χ1v) is 14.7. The molecule has 5 aromatic rings. The molecule has 4 unspecified atom stereocenters. The van der Waals surface area contributed by atoms with Gasteiger partial charge in [-0.25, -0.2) is 4.79 Å². The topological polar surface area (TPSA) is 57.5 Å². The summed E-state index contributed by atoms with van der Waals surface area (Å²) in [5.74, 6) is -1.09. The summed E-state index contributed by atoms with van der Waals surface area (Å²) in [6.45, 7) is 4.41. The molecule has 0 bridgehead atoms. The number of phenols is 1.